The highest BCUT2D eigenvalue weighted by molar-refractivity contribution is 5.16. The number of nitrogens with zero attached hydrogens (tertiary/aromatic N) is 2. The van der Waals surface area contributed by atoms with Crippen molar-refractivity contribution in [3.05, 3.63) is 23.8 Å². The highest BCUT2D eigenvalue weighted by Gasteiger charge is 1.90. The molecule has 0 saturated carbocycles. The molecule has 0 aliphatic carbocycles. The minimum atomic E-state index is 0.685. The molecule has 0 fully saturated rings. The van der Waals surface area contributed by atoms with Crippen LogP contribution in [0.3, 0.4) is 0 Å². The second-order valence-corrected chi connectivity index (χ2v) is 2.16. The van der Waals surface area contributed by atoms with Crippen LogP contribution in [0.2, 0.25) is 0 Å². The molecule has 0 aliphatic heterocycles. The molecule has 60 valence electrons. The highest BCUT2D eigenvalue weighted by Crippen LogP contribution is 2.02. The Morgan fingerprint density at radius 2 is 2.36 bits per heavy atom. The van der Waals surface area contributed by atoms with Crippen molar-refractivity contribution >= 4 is 0 Å². The Hall–Kier alpha value is -1.45. The summed E-state index contributed by atoms with van der Waals surface area (Å²) in [6.07, 6.45) is 1.84. The zero-order valence-corrected chi connectivity index (χ0v) is 6.61. The zero-order chi connectivity index (χ0) is 8.27. The molecule has 1 aromatic rings. The van der Waals surface area contributed by atoms with Crippen LogP contribution in [0.4, 0.5) is 0 Å². The van der Waals surface area contributed by atoms with E-state index in [0.29, 0.717) is 5.49 Å². The van der Waals surface area contributed by atoms with Gasteiger partial charge in [-0.3, -0.25) is 0 Å². The Morgan fingerprint density at radius 1 is 1.64 bits per heavy atom. The third kappa shape index (κ3) is 1.52. The number of ether oxygens (including phenoxy) is 1. The summed E-state index contributed by atoms with van der Waals surface area (Å²) in [7, 11) is 3.47. The van der Waals surface area contributed by atoms with Crippen LogP contribution in [0.5, 0.6) is 5.75 Å². The quantitative estimate of drug-likeness (QED) is 0.449. The van der Waals surface area contributed by atoms with Crippen molar-refractivity contribution in [3.8, 4) is 5.75 Å². The molecule has 11 heavy (non-hydrogen) atoms. The Morgan fingerprint density at radius 3 is 2.91 bits per heavy atom. The van der Waals surface area contributed by atoms with Gasteiger partial charge in [0.15, 0.2) is 5.49 Å². The van der Waals surface area contributed by atoms with Crippen LogP contribution in [0, 0.1) is 0 Å². The van der Waals surface area contributed by atoms with Crippen molar-refractivity contribution in [2.24, 2.45) is 18.0 Å². The zero-order valence-electron chi connectivity index (χ0n) is 6.61. The molecule has 0 unspecified atom stereocenters. The molecule has 1 heterocycles. The number of aryl methyl sites for hydroxylation is 1. The summed E-state index contributed by atoms with van der Waals surface area (Å²) in [6, 6.07) is 3.61. The summed E-state index contributed by atoms with van der Waals surface area (Å²) < 4.78 is 6.79. The van der Waals surface area contributed by atoms with E-state index in [0.717, 1.165) is 5.75 Å². The van der Waals surface area contributed by atoms with E-state index in [1.807, 2.05) is 23.9 Å². The molecule has 0 saturated heterocycles. The molecular formula is C7H11N3O. The Kier molecular flexibility index (Phi) is 2.15. The van der Waals surface area contributed by atoms with Gasteiger partial charge in [0.05, 0.1) is 7.11 Å². The van der Waals surface area contributed by atoms with Crippen molar-refractivity contribution in [2.75, 3.05) is 7.11 Å². The standard InChI is InChI=1S/C7H11N3O/c1-10-4-3-6(11-2)5-7(10)9-8/h3-5H,8H2,1-2H3/b9-7-. The molecule has 0 bridgehead atoms. The van der Waals surface area contributed by atoms with Gasteiger partial charge in [0.1, 0.15) is 5.75 Å². The summed E-state index contributed by atoms with van der Waals surface area (Å²) in [6.45, 7) is 0. The second-order valence-electron chi connectivity index (χ2n) is 2.16. The SMILES string of the molecule is COc1ccn(C)/c(=N\N)c1. The molecule has 0 radical (unpaired) electrons. The van der Waals surface area contributed by atoms with E-state index in [1.165, 1.54) is 0 Å². The minimum absolute atomic E-state index is 0.685. The predicted molar refractivity (Wildman–Crippen MR) is 41.7 cm³/mol. The average Bonchev–Trinajstić information content (AvgIpc) is 2.05. The van der Waals surface area contributed by atoms with Gasteiger partial charge < -0.3 is 15.1 Å². The van der Waals surface area contributed by atoms with Crippen LogP contribution in [-0.4, -0.2) is 11.7 Å². The van der Waals surface area contributed by atoms with Crippen molar-refractivity contribution in [3.63, 3.8) is 0 Å². The van der Waals surface area contributed by atoms with E-state index >= 15 is 0 Å². The highest BCUT2D eigenvalue weighted by atomic mass is 16.5. The normalized spacial score (nSPS) is 11.6. The van der Waals surface area contributed by atoms with Crippen molar-refractivity contribution in [1.29, 1.82) is 0 Å². The summed E-state index contributed by atoms with van der Waals surface area (Å²) in [4.78, 5) is 0. The number of aromatic nitrogens is 1. The maximum absolute atomic E-state index is 5.12. The lowest BCUT2D eigenvalue weighted by atomic mass is 10.4. The largest absolute Gasteiger partial charge is 0.497 e. The molecule has 0 amide bonds. The second kappa shape index (κ2) is 3.09. The molecule has 1 aromatic heterocycles. The number of nitrogens with two attached hydrogens (primary N) is 1. The lowest BCUT2D eigenvalue weighted by Crippen LogP contribution is -2.18. The van der Waals surface area contributed by atoms with Crippen LogP contribution < -0.4 is 16.1 Å². The van der Waals surface area contributed by atoms with Gasteiger partial charge in [-0.15, -0.1) is 0 Å². The Balaban J connectivity index is 3.24. The fraction of sp³-hybridized carbons (Fsp3) is 0.286. The van der Waals surface area contributed by atoms with Crippen LogP contribution >= 0.6 is 0 Å². The number of rotatable bonds is 1. The maximum atomic E-state index is 5.12. The van der Waals surface area contributed by atoms with Gasteiger partial charge in [-0.1, -0.05) is 0 Å². The van der Waals surface area contributed by atoms with E-state index in [9.17, 15) is 0 Å². The first-order valence-electron chi connectivity index (χ1n) is 3.22. The number of pyridine rings is 1. The van der Waals surface area contributed by atoms with Gasteiger partial charge >= 0.3 is 0 Å². The molecule has 4 heteroatoms. The topological polar surface area (TPSA) is 52.5 Å². The van der Waals surface area contributed by atoms with Gasteiger partial charge in [-0.05, 0) is 6.07 Å². The Labute approximate surface area is 64.9 Å². The van der Waals surface area contributed by atoms with E-state index in [1.54, 1.807) is 13.2 Å². The number of methoxy groups -OCH3 is 1. The molecule has 0 spiro atoms. The lowest BCUT2D eigenvalue weighted by molar-refractivity contribution is 0.412. The third-order valence-electron chi connectivity index (χ3n) is 1.46. The number of hydrogen-bond acceptors (Lipinski definition) is 3. The average molecular weight is 153 g/mol. The summed E-state index contributed by atoms with van der Waals surface area (Å²) in [5.74, 6) is 5.88. The summed E-state index contributed by atoms with van der Waals surface area (Å²) in [5, 5.41) is 3.56. The molecular weight excluding hydrogens is 142 g/mol. The summed E-state index contributed by atoms with van der Waals surface area (Å²) in [5.41, 5.74) is 0.685. The van der Waals surface area contributed by atoms with Crippen molar-refractivity contribution in [2.45, 2.75) is 0 Å². The van der Waals surface area contributed by atoms with Crippen molar-refractivity contribution < 1.29 is 4.74 Å². The van der Waals surface area contributed by atoms with Gasteiger partial charge in [-0.25, -0.2) is 0 Å². The van der Waals surface area contributed by atoms with Crippen LogP contribution in [0.25, 0.3) is 0 Å². The first kappa shape index (κ1) is 7.65. The fourth-order valence-corrected chi connectivity index (χ4v) is 0.794. The van der Waals surface area contributed by atoms with E-state index < -0.39 is 0 Å². The number of hydrogen-bond donors (Lipinski definition) is 1. The smallest absolute Gasteiger partial charge is 0.155 e. The first-order chi connectivity index (χ1) is 5.27. The Bertz CT molecular complexity index is 303. The van der Waals surface area contributed by atoms with Gasteiger partial charge in [-0.2, -0.15) is 5.10 Å². The molecule has 0 atom stereocenters. The van der Waals surface area contributed by atoms with Crippen molar-refractivity contribution in [1.82, 2.24) is 4.57 Å². The van der Waals surface area contributed by atoms with Gasteiger partial charge in [0, 0.05) is 19.3 Å². The molecule has 0 aliphatic rings. The predicted octanol–water partition coefficient (Wildman–Crippen LogP) is -0.192. The molecule has 1 rings (SSSR count). The maximum Gasteiger partial charge on any atom is 0.155 e. The van der Waals surface area contributed by atoms with Gasteiger partial charge in [0.2, 0.25) is 0 Å². The summed E-state index contributed by atoms with van der Waals surface area (Å²) >= 11 is 0. The molecule has 2 N–H and O–H groups in total. The van der Waals surface area contributed by atoms with Gasteiger partial charge in [0.25, 0.3) is 0 Å². The van der Waals surface area contributed by atoms with Crippen LogP contribution in [0.1, 0.15) is 0 Å². The van der Waals surface area contributed by atoms with E-state index in [-0.39, 0.29) is 0 Å². The lowest BCUT2D eigenvalue weighted by Gasteiger charge is -2.01. The van der Waals surface area contributed by atoms with Crippen LogP contribution in [0.15, 0.2) is 23.4 Å². The van der Waals surface area contributed by atoms with E-state index in [2.05, 4.69) is 5.10 Å². The fourth-order valence-electron chi connectivity index (χ4n) is 0.794. The first-order valence-corrected chi connectivity index (χ1v) is 3.22. The third-order valence-corrected chi connectivity index (χ3v) is 1.46. The monoisotopic (exact) mass is 153 g/mol. The van der Waals surface area contributed by atoms with Crippen LogP contribution in [-0.2, 0) is 7.05 Å². The minimum Gasteiger partial charge on any atom is -0.497 e. The molecule has 0 aromatic carbocycles. The molecule has 4 nitrogen and oxygen atoms in total. The van der Waals surface area contributed by atoms with E-state index in [4.69, 9.17) is 10.6 Å².